The molecule has 2 rings (SSSR count). The van der Waals surface area contributed by atoms with Gasteiger partial charge in [0.1, 0.15) is 11.5 Å². The molecule has 0 saturated carbocycles. The molecular formula is C15H24N4O2. The van der Waals surface area contributed by atoms with Crippen LogP contribution in [-0.2, 0) is 0 Å². The molecule has 1 saturated heterocycles. The molecule has 0 spiro atoms. The van der Waals surface area contributed by atoms with Crippen molar-refractivity contribution in [2.45, 2.75) is 45.1 Å². The summed E-state index contributed by atoms with van der Waals surface area (Å²) in [6.07, 6.45) is 7.79. The van der Waals surface area contributed by atoms with Crippen molar-refractivity contribution in [3.63, 3.8) is 0 Å². The van der Waals surface area contributed by atoms with E-state index < -0.39 is 0 Å². The molecule has 1 aromatic rings. The van der Waals surface area contributed by atoms with Crippen LogP contribution in [0.25, 0.3) is 0 Å². The van der Waals surface area contributed by atoms with E-state index in [1.807, 2.05) is 4.90 Å². The molecule has 0 aliphatic carbocycles. The van der Waals surface area contributed by atoms with Crippen LogP contribution < -0.4 is 5.32 Å². The highest BCUT2D eigenvalue weighted by Crippen LogP contribution is 2.23. The summed E-state index contributed by atoms with van der Waals surface area (Å²) >= 11 is 0. The summed E-state index contributed by atoms with van der Waals surface area (Å²) in [5, 5.41) is 12.1. The van der Waals surface area contributed by atoms with Gasteiger partial charge in [-0.3, -0.25) is 4.79 Å². The molecule has 6 nitrogen and oxygen atoms in total. The average Bonchev–Trinajstić information content (AvgIpc) is 2.99. The van der Waals surface area contributed by atoms with Crippen molar-refractivity contribution in [1.82, 2.24) is 14.9 Å². The largest absolute Gasteiger partial charge is 0.396 e. The minimum atomic E-state index is -0.0509. The number of carbonyl (C=O) groups is 1. The molecule has 1 aromatic heterocycles. The quantitative estimate of drug-likeness (QED) is 0.799. The lowest BCUT2D eigenvalue weighted by atomic mass is 10.1. The minimum Gasteiger partial charge on any atom is -0.396 e. The fraction of sp³-hybridized carbons (Fsp3) is 0.667. The molecule has 2 N–H and O–H groups in total. The number of aromatic nitrogens is 2. The number of hydrogen-bond donors (Lipinski definition) is 2. The maximum Gasteiger partial charge on any atom is 0.274 e. The molecule has 0 radical (unpaired) electrons. The van der Waals surface area contributed by atoms with Gasteiger partial charge in [0.2, 0.25) is 0 Å². The van der Waals surface area contributed by atoms with E-state index in [4.69, 9.17) is 5.11 Å². The summed E-state index contributed by atoms with van der Waals surface area (Å²) in [4.78, 5) is 22.8. The lowest BCUT2D eigenvalue weighted by molar-refractivity contribution is 0.0718. The van der Waals surface area contributed by atoms with E-state index in [9.17, 15) is 4.79 Å². The number of hydrogen-bond acceptors (Lipinski definition) is 5. The lowest BCUT2D eigenvalue weighted by Gasteiger charge is -2.24. The summed E-state index contributed by atoms with van der Waals surface area (Å²) in [5.74, 6) is 0.650. The van der Waals surface area contributed by atoms with Gasteiger partial charge in [-0.05, 0) is 32.1 Å². The number of amides is 1. The Balaban J connectivity index is 1.98. The smallest absolute Gasteiger partial charge is 0.274 e. The van der Waals surface area contributed by atoms with E-state index in [2.05, 4.69) is 22.2 Å². The summed E-state index contributed by atoms with van der Waals surface area (Å²) in [7, 11) is 0. The fourth-order valence-electron chi connectivity index (χ4n) is 2.66. The Labute approximate surface area is 125 Å². The van der Waals surface area contributed by atoms with Crippen molar-refractivity contribution < 1.29 is 9.90 Å². The first kappa shape index (κ1) is 15.7. The van der Waals surface area contributed by atoms with Crippen LogP contribution >= 0.6 is 0 Å². The minimum absolute atomic E-state index is 0.0509. The van der Waals surface area contributed by atoms with Gasteiger partial charge >= 0.3 is 0 Å². The third kappa shape index (κ3) is 4.14. The second-order valence-electron chi connectivity index (χ2n) is 5.37. The summed E-state index contributed by atoms with van der Waals surface area (Å²) in [6.45, 7) is 3.87. The number of anilines is 1. The van der Waals surface area contributed by atoms with Crippen LogP contribution in [0.1, 0.15) is 49.5 Å². The molecule has 6 heteroatoms. The van der Waals surface area contributed by atoms with Crippen molar-refractivity contribution in [1.29, 1.82) is 0 Å². The van der Waals surface area contributed by atoms with Crippen LogP contribution in [0.3, 0.4) is 0 Å². The SMILES string of the molecule is CCCNc1cnc(C(=O)N2CCCC2CCCO)cn1. The summed E-state index contributed by atoms with van der Waals surface area (Å²) < 4.78 is 0. The van der Waals surface area contributed by atoms with Gasteiger partial charge < -0.3 is 15.3 Å². The molecule has 1 unspecified atom stereocenters. The van der Waals surface area contributed by atoms with Crippen molar-refractivity contribution >= 4 is 11.7 Å². The van der Waals surface area contributed by atoms with Gasteiger partial charge in [-0.25, -0.2) is 9.97 Å². The Kier molecular flexibility index (Phi) is 5.92. The van der Waals surface area contributed by atoms with Crippen LogP contribution in [-0.4, -0.2) is 51.6 Å². The molecule has 116 valence electrons. The zero-order valence-corrected chi connectivity index (χ0v) is 12.6. The predicted molar refractivity (Wildman–Crippen MR) is 81.2 cm³/mol. The van der Waals surface area contributed by atoms with Gasteiger partial charge in [0, 0.05) is 25.7 Å². The van der Waals surface area contributed by atoms with Gasteiger partial charge in [0.15, 0.2) is 0 Å². The van der Waals surface area contributed by atoms with E-state index in [0.29, 0.717) is 11.5 Å². The average molecular weight is 292 g/mol. The molecule has 21 heavy (non-hydrogen) atoms. The van der Waals surface area contributed by atoms with Gasteiger partial charge in [0.05, 0.1) is 12.4 Å². The van der Waals surface area contributed by atoms with Crippen LogP contribution in [0.15, 0.2) is 12.4 Å². The van der Waals surface area contributed by atoms with Gasteiger partial charge in [-0.15, -0.1) is 0 Å². The monoisotopic (exact) mass is 292 g/mol. The number of aliphatic hydroxyl groups excluding tert-OH is 1. The normalized spacial score (nSPS) is 18.0. The maximum atomic E-state index is 12.5. The molecular weight excluding hydrogens is 268 g/mol. The van der Waals surface area contributed by atoms with Crippen LogP contribution in [0.4, 0.5) is 5.82 Å². The third-order valence-corrected chi connectivity index (χ3v) is 3.76. The molecule has 1 amide bonds. The van der Waals surface area contributed by atoms with E-state index in [0.717, 1.165) is 45.2 Å². The Morgan fingerprint density at radius 1 is 1.48 bits per heavy atom. The zero-order chi connectivity index (χ0) is 15.1. The second-order valence-corrected chi connectivity index (χ2v) is 5.37. The van der Waals surface area contributed by atoms with E-state index in [1.165, 1.54) is 0 Å². The molecule has 0 aromatic carbocycles. The molecule has 1 aliphatic rings. The zero-order valence-electron chi connectivity index (χ0n) is 12.6. The van der Waals surface area contributed by atoms with Crippen molar-refractivity contribution in [3.05, 3.63) is 18.1 Å². The van der Waals surface area contributed by atoms with Crippen molar-refractivity contribution in [2.24, 2.45) is 0 Å². The first-order valence-corrected chi connectivity index (χ1v) is 7.74. The topological polar surface area (TPSA) is 78.4 Å². The molecule has 1 fully saturated rings. The van der Waals surface area contributed by atoms with Gasteiger partial charge in [-0.2, -0.15) is 0 Å². The van der Waals surface area contributed by atoms with E-state index in [-0.39, 0.29) is 18.6 Å². The maximum absolute atomic E-state index is 12.5. The highest BCUT2D eigenvalue weighted by molar-refractivity contribution is 5.92. The van der Waals surface area contributed by atoms with Gasteiger partial charge in [0.25, 0.3) is 5.91 Å². The molecule has 2 heterocycles. The summed E-state index contributed by atoms with van der Waals surface area (Å²) in [6, 6.07) is 0.226. The van der Waals surface area contributed by atoms with Crippen LogP contribution in [0.2, 0.25) is 0 Å². The Morgan fingerprint density at radius 2 is 2.33 bits per heavy atom. The Hall–Kier alpha value is -1.69. The number of rotatable bonds is 7. The molecule has 0 bridgehead atoms. The third-order valence-electron chi connectivity index (χ3n) is 3.76. The molecule has 1 aliphatic heterocycles. The lowest BCUT2D eigenvalue weighted by Crippen LogP contribution is -2.36. The Morgan fingerprint density at radius 3 is 3.00 bits per heavy atom. The first-order chi connectivity index (χ1) is 10.3. The second kappa shape index (κ2) is 7.93. The standard InChI is InChI=1S/C15H24N4O2/c1-2-7-16-14-11-17-13(10-18-14)15(21)19-8-3-5-12(19)6-4-9-20/h10-12,20H,2-9H2,1H3,(H,16,18). The van der Waals surface area contributed by atoms with Crippen LogP contribution in [0, 0.1) is 0 Å². The number of nitrogens with zero attached hydrogens (tertiary/aromatic N) is 3. The highest BCUT2D eigenvalue weighted by atomic mass is 16.3. The fourth-order valence-corrected chi connectivity index (χ4v) is 2.66. The van der Waals surface area contributed by atoms with E-state index in [1.54, 1.807) is 12.4 Å². The number of likely N-dealkylation sites (tertiary alicyclic amines) is 1. The number of nitrogens with one attached hydrogen (secondary N) is 1. The van der Waals surface area contributed by atoms with Crippen LogP contribution in [0.5, 0.6) is 0 Å². The van der Waals surface area contributed by atoms with Gasteiger partial charge in [-0.1, -0.05) is 6.92 Å². The number of carbonyl (C=O) groups excluding carboxylic acids is 1. The van der Waals surface area contributed by atoms with E-state index >= 15 is 0 Å². The molecule has 1 atom stereocenters. The predicted octanol–water partition coefficient (Wildman–Crippen LogP) is 1.68. The summed E-state index contributed by atoms with van der Waals surface area (Å²) in [5.41, 5.74) is 0.396. The first-order valence-electron chi connectivity index (χ1n) is 7.74. The highest BCUT2D eigenvalue weighted by Gasteiger charge is 2.29. The van der Waals surface area contributed by atoms with Crippen molar-refractivity contribution in [3.8, 4) is 0 Å². The van der Waals surface area contributed by atoms with Crippen molar-refractivity contribution in [2.75, 3.05) is 25.0 Å². The Bertz CT molecular complexity index is 449. The number of aliphatic hydroxyl groups is 1.